The fourth-order valence-electron chi connectivity index (χ4n) is 7.53. The molecule has 2 aromatic heterocycles. The van der Waals surface area contributed by atoms with Gasteiger partial charge in [-0.2, -0.15) is 0 Å². The minimum Gasteiger partial charge on any atom is -0.456 e. The Labute approximate surface area is 276 Å². The smallest absolute Gasteiger partial charge is 0.138 e. The van der Waals surface area contributed by atoms with Crippen LogP contribution in [0.3, 0.4) is 0 Å². The number of benzene rings is 7. The van der Waals surface area contributed by atoms with E-state index in [4.69, 9.17) is 16.5 Å². The lowest BCUT2D eigenvalue weighted by atomic mass is 10.1. The van der Waals surface area contributed by atoms with E-state index >= 15 is 0 Å². The highest BCUT2D eigenvalue weighted by atomic mass is 32.4. The van der Waals surface area contributed by atoms with Crippen LogP contribution in [0.5, 0.6) is 11.5 Å². The van der Waals surface area contributed by atoms with Gasteiger partial charge >= 0.3 is 0 Å². The lowest BCUT2D eigenvalue weighted by molar-refractivity contribution is 0.488. The largest absolute Gasteiger partial charge is 0.456 e. The molecule has 1 aliphatic rings. The molecule has 0 bridgehead atoms. The molecular formula is C42H27N2OPS. The summed E-state index contributed by atoms with van der Waals surface area (Å²) >= 11 is 6.67. The van der Waals surface area contributed by atoms with E-state index in [0.717, 1.165) is 44.5 Å². The quantitative estimate of drug-likeness (QED) is 0.180. The highest BCUT2D eigenvalue weighted by Gasteiger charge is 2.35. The summed E-state index contributed by atoms with van der Waals surface area (Å²) in [5, 5.41) is 8.32. The summed E-state index contributed by atoms with van der Waals surface area (Å²) in [4.78, 5) is 0. The third-order valence-electron chi connectivity index (χ3n) is 9.58. The Morgan fingerprint density at radius 3 is 1.57 bits per heavy atom. The Morgan fingerprint density at radius 1 is 0.404 bits per heavy atom. The number of para-hydroxylation sites is 4. The second-order valence-electron chi connectivity index (χ2n) is 12.1. The topological polar surface area (TPSA) is 19.1 Å². The van der Waals surface area contributed by atoms with Gasteiger partial charge < -0.3 is 13.9 Å². The molecule has 1 unspecified atom stereocenters. The molecule has 9 aromatic rings. The summed E-state index contributed by atoms with van der Waals surface area (Å²) in [7, 11) is 0. The van der Waals surface area contributed by atoms with E-state index in [-0.39, 0.29) is 0 Å². The van der Waals surface area contributed by atoms with Crippen LogP contribution < -0.4 is 20.7 Å². The van der Waals surface area contributed by atoms with E-state index in [0.29, 0.717) is 0 Å². The molecule has 0 saturated carbocycles. The normalized spacial score (nSPS) is 15.6. The van der Waals surface area contributed by atoms with Crippen LogP contribution in [0.15, 0.2) is 164 Å². The number of nitrogens with zero attached hydrogens (tertiary/aromatic N) is 2. The van der Waals surface area contributed by atoms with Gasteiger partial charge in [-0.1, -0.05) is 109 Å². The van der Waals surface area contributed by atoms with Crippen LogP contribution in [0.4, 0.5) is 0 Å². The first-order valence-corrected chi connectivity index (χ1v) is 18.6. The molecule has 5 heteroatoms. The Hall–Kier alpha value is -5.41. The van der Waals surface area contributed by atoms with Crippen LogP contribution >= 0.6 is 6.04 Å². The average Bonchev–Trinajstić information content (AvgIpc) is 3.64. The van der Waals surface area contributed by atoms with Gasteiger partial charge in [-0.3, -0.25) is 0 Å². The van der Waals surface area contributed by atoms with Crippen molar-refractivity contribution in [2.75, 3.05) is 0 Å². The van der Waals surface area contributed by atoms with E-state index < -0.39 is 6.04 Å². The van der Waals surface area contributed by atoms with Crippen LogP contribution in [-0.2, 0) is 11.8 Å². The number of fused-ring (bicyclic) bond motifs is 8. The first-order chi connectivity index (χ1) is 23.2. The van der Waals surface area contributed by atoms with Gasteiger partial charge in [0.05, 0.1) is 22.1 Å². The molecule has 0 N–H and O–H groups in total. The summed E-state index contributed by atoms with van der Waals surface area (Å²) in [6.07, 6.45) is 0. The van der Waals surface area contributed by atoms with E-state index in [2.05, 4.69) is 161 Å². The maximum atomic E-state index is 6.67. The zero-order valence-corrected chi connectivity index (χ0v) is 27.0. The van der Waals surface area contributed by atoms with Crippen molar-refractivity contribution in [1.82, 2.24) is 9.13 Å². The maximum Gasteiger partial charge on any atom is 0.138 e. The third kappa shape index (κ3) is 3.77. The standard InChI is InChI=1S/C42H27N2OPS/c47-46(30-12-2-1-3-13-30)41-21-11-10-20-39(41)45-40-27-29(23-25-42(40)46)44-37-19-9-6-16-33(37)34-26-28(22-24-38(34)44)43-35-17-7-4-14-31(35)32-15-5-8-18-36(32)43/h1-27H. The molecular weight excluding hydrogens is 612 g/mol. The minimum absolute atomic E-state index is 0.834. The van der Waals surface area contributed by atoms with Gasteiger partial charge in [0.25, 0.3) is 0 Å². The summed E-state index contributed by atoms with van der Waals surface area (Å²) < 4.78 is 11.4. The second-order valence-corrected chi connectivity index (χ2v) is 16.4. The predicted octanol–water partition coefficient (Wildman–Crippen LogP) is 9.74. The van der Waals surface area contributed by atoms with Crippen LogP contribution in [0, 0.1) is 0 Å². The van der Waals surface area contributed by atoms with Crippen LogP contribution in [0.1, 0.15) is 0 Å². The van der Waals surface area contributed by atoms with Crippen LogP contribution in [0.25, 0.3) is 55.0 Å². The molecule has 3 nitrogen and oxygen atoms in total. The van der Waals surface area contributed by atoms with Gasteiger partial charge in [0.1, 0.15) is 11.5 Å². The van der Waals surface area contributed by atoms with Gasteiger partial charge in [-0.25, -0.2) is 0 Å². The predicted molar refractivity (Wildman–Crippen MR) is 201 cm³/mol. The van der Waals surface area contributed by atoms with Crippen molar-refractivity contribution in [2.24, 2.45) is 0 Å². The molecule has 222 valence electrons. The minimum atomic E-state index is -2.32. The molecule has 7 aromatic carbocycles. The second kappa shape index (κ2) is 10.0. The van der Waals surface area contributed by atoms with Gasteiger partial charge in [-0.15, -0.1) is 0 Å². The van der Waals surface area contributed by atoms with Gasteiger partial charge in [0, 0.05) is 55.6 Å². The summed E-state index contributed by atoms with van der Waals surface area (Å²) in [5.74, 6) is 1.68. The van der Waals surface area contributed by atoms with E-state index in [1.54, 1.807) is 0 Å². The fourth-order valence-corrected chi connectivity index (χ4v) is 11.6. The number of ether oxygens (including phenoxy) is 1. The Bertz CT molecular complexity index is 2710. The van der Waals surface area contributed by atoms with Gasteiger partial charge in [-0.05, 0) is 66.0 Å². The molecule has 47 heavy (non-hydrogen) atoms. The van der Waals surface area contributed by atoms with Crippen molar-refractivity contribution in [3.05, 3.63) is 164 Å². The zero-order valence-electron chi connectivity index (χ0n) is 25.2. The van der Waals surface area contributed by atoms with Crippen molar-refractivity contribution >= 4 is 77.4 Å². The first kappa shape index (κ1) is 26.8. The monoisotopic (exact) mass is 638 g/mol. The van der Waals surface area contributed by atoms with Crippen molar-refractivity contribution in [3.8, 4) is 22.9 Å². The number of rotatable bonds is 3. The molecule has 1 atom stereocenters. The lowest BCUT2D eigenvalue weighted by Crippen LogP contribution is -2.30. The molecule has 0 radical (unpaired) electrons. The Kier molecular flexibility index (Phi) is 5.72. The van der Waals surface area contributed by atoms with E-state index in [1.165, 1.54) is 37.9 Å². The average molecular weight is 639 g/mol. The molecule has 0 saturated heterocycles. The Balaban J connectivity index is 1.20. The molecule has 0 fully saturated rings. The van der Waals surface area contributed by atoms with Crippen molar-refractivity contribution in [2.45, 2.75) is 0 Å². The van der Waals surface area contributed by atoms with E-state index in [9.17, 15) is 0 Å². The molecule has 1 aliphatic heterocycles. The van der Waals surface area contributed by atoms with Gasteiger partial charge in [0.15, 0.2) is 0 Å². The van der Waals surface area contributed by atoms with Crippen molar-refractivity contribution in [1.29, 1.82) is 0 Å². The number of aromatic nitrogens is 2. The SMILES string of the molecule is S=P1(c2ccccc2)c2ccccc2Oc2cc(-n3c4ccccc4c4cc(-n5c6ccccc6c6ccccc65)ccc43)ccc21. The van der Waals surface area contributed by atoms with Crippen molar-refractivity contribution < 1.29 is 4.74 Å². The lowest BCUT2D eigenvalue weighted by Gasteiger charge is -2.32. The zero-order chi connectivity index (χ0) is 31.1. The third-order valence-corrected chi connectivity index (χ3v) is 14.5. The fraction of sp³-hybridized carbons (Fsp3) is 0. The highest BCUT2D eigenvalue weighted by Crippen LogP contribution is 2.52. The molecule has 3 heterocycles. The van der Waals surface area contributed by atoms with Crippen LogP contribution in [0.2, 0.25) is 0 Å². The Morgan fingerprint density at radius 2 is 0.894 bits per heavy atom. The maximum absolute atomic E-state index is 6.67. The first-order valence-electron chi connectivity index (χ1n) is 15.8. The van der Waals surface area contributed by atoms with Gasteiger partial charge in [0.2, 0.25) is 0 Å². The molecule has 10 rings (SSSR count). The number of hydrogen-bond donors (Lipinski definition) is 0. The highest BCUT2D eigenvalue weighted by molar-refractivity contribution is 8.25. The molecule has 0 aliphatic carbocycles. The van der Waals surface area contributed by atoms with Crippen LogP contribution in [-0.4, -0.2) is 9.13 Å². The molecule has 0 spiro atoms. The number of hydrogen-bond acceptors (Lipinski definition) is 2. The van der Waals surface area contributed by atoms with Crippen molar-refractivity contribution in [3.63, 3.8) is 0 Å². The summed E-state index contributed by atoms with van der Waals surface area (Å²) in [6.45, 7) is 0. The molecule has 0 amide bonds. The summed E-state index contributed by atoms with van der Waals surface area (Å²) in [6, 6.07) is 56.0. The summed E-state index contributed by atoms with van der Waals surface area (Å²) in [5.41, 5.74) is 6.91. The van der Waals surface area contributed by atoms with E-state index in [1.807, 2.05) is 12.1 Å².